The van der Waals surface area contributed by atoms with Crippen LogP contribution >= 0.6 is 0 Å². The zero-order chi connectivity index (χ0) is 12.8. The second-order valence-corrected chi connectivity index (χ2v) is 4.71. The minimum absolute atomic E-state index is 0.0659. The summed E-state index contributed by atoms with van der Waals surface area (Å²) in [6, 6.07) is 6.51. The molecule has 0 saturated carbocycles. The fourth-order valence-electron chi connectivity index (χ4n) is 1.77. The maximum absolute atomic E-state index is 6.20. The van der Waals surface area contributed by atoms with Crippen molar-refractivity contribution < 1.29 is 4.74 Å². The zero-order valence-electron chi connectivity index (χ0n) is 11.4. The molecular formula is C14H24N2O. The van der Waals surface area contributed by atoms with Crippen LogP contribution < -0.4 is 5.73 Å². The number of nitrogens with two attached hydrogens (primary N) is 1. The first kappa shape index (κ1) is 14.2. The number of hydrogen-bond acceptors (Lipinski definition) is 3. The number of hydrogen-bond donors (Lipinski definition) is 1. The first-order valence-corrected chi connectivity index (χ1v) is 6.04. The summed E-state index contributed by atoms with van der Waals surface area (Å²) in [5.74, 6) is 0. The number of methoxy groups -OCH3 is 1. The first-order chi connectivity index (χ1) is 8.04. The van der Waals surface area contributed by atoms with E-state index in [0.717, 1.165) is 19.7 Å². The van der Waals surface area contributed by atoms with Gasteiger partial charge < -0.3 is 15.4 Å². The Morgan fingerprint density at radius 1 is 1.29 bits per heavy atom. The van der Waals surface area contributed by atoms with Crippen molar-refractivity contribution in [3.8, 4) is 0 Å². The molecule has 1 atom stereocenters. The van der Waals surface area contributed by atoms with Gasteiger partial charge in [-0.3, -0.25) is 0 Å². The number of ether oxygens (including phenoxy) is 1. The summed E-state index contributed by atoms with van der Waals surface area (Å²) in [6.07, 6.45) is 0. The number of rotatable bonds is 6. The van der Waals surface area contributed by atoms with Crippen molar-refractivity contribution in [3.05, 3.63) is 34.9 Å². The van der Waals surface area contributed by atoms with Gasteiger partial charge in [0.1, 0.15) is 0 Å². The molecule has 0 aromatic heterocycles. The topological polar surface area (TPSA) is 38.5 Å². The minimum atomic E-state index is 0.0659. The third kappa shape index (κ3) is 4.46. The molecule has 1 unspecified atom stereocenters. The van der Waals surface area contributed by atoms with Gasteiger partial charge in [0.05, 0.1) is 6.61 Å². The molecule has 0 aliphatic rings. The van der Waals surface area contributed by atoms with Crippen molar-refractivity contribution in [2.24, 2.45) is 5.73 Å². The van der Waals surface area contributed by atoms with E-state index in [9.17, 15) is 0 Å². The molecule has 0 bridgehead atoms. The Labute approximate surface area is 105 Å². The molecule has 0 fully saturated rings. The van der Waals surface area contributed by atoms with E-state index in [0.29, 0.717) is 0 Å². The second kappa shape index (κ2) is 6.74. The molecule has 0 aliphatic heterocycles. The third-order valence-electron chi connectivity index (χ3n) is 3.14. The highest BCUT2D eigenvalue weighted by atomic mass is 16.5. The summed E-state index contributed by atoms with van der Waals surface area (Å²) in [5, 5.41) is 0. The Balaban J connectivity index is 2.57. The lowest BCUT2D eigenvalue weighted by Crippen LogP contribution is -2.31. The van der Waals surface area contributed by atoms with Crippen LogP contribution in [-0.2, 0) is 4.74 Å². The molecule has 96 valence electrons. The van der Waals surface area contributed by atoms with Crippen LogP contribution in [0.5, 0.6) is 0 Å². The summed E-state index contributed by atoms with van der Waals surface area (Å²) in [5.41, 5.74) is 10.0. The fraction of sp³-hybridized carbons (Fsp3) is 0.571. The highest BCUT2D eigenvalue weighted by Crippen LogP contribution is 2.16. The first-order valence-electron chi connectivity index (χ1n) is 6.04. The lowest BCUT2D eigenvalue weighted by atomic mass is 10.0. The van der Waals surface area contributed by atoms with Crippen molar-refractivity contribution in [1.82, 2.24) is 4.90 Å². The van der Waals surface area contributed by atoms with E-state index in [2.05, 4.69) is 44.0 Å². The van der Waals surface area contributed by atoms with Gasteiger partial charge in [0.2, 0.25) is 0 Å². The average molecular weight is 236 g/mol. The Bertz CT molecular complexity index is 352. The molecular weight excluding hydrogens is 212 g/mol. The Morgan fingerprint density at radius 3 is 2.59 bits per heavy atom. The quantitative estimate of drug-likeness (QED) is 0.819. The monoisotopic (exact) mass is 236 g/mol. The van der Waals surface area contributed by atoms with Crippen LogP contribution in [0.1, 0.15) is 22.7 Å². The maximum Gasteiger partial charge on any atom is 0.0589 e. The van der Waals surface area contributed by atoms with E-state index >= 15 is 0 Å². The lowest BCUT2D eigenvalue weighted by Gasteiger charge is -2.21. The van der Waals surface area contributed by atoms with Crippen LogP contribution in [0.3, 0.4) is 0 Å². The van der Waals surface area contributed by atoms with Gasteiger partial charge in [-0.15, -0.1) is 0 Å². The van der Waals surface area contributed by atoms with Crippen LogP contribution in [0.25, 0.3) is 0 Å². The van der Waals surface area contributed by atoms with Gasteiger partial charge in [-0.25, -0.2) is 0 Å². The molecule has 0 heterocycles. The van der Waals surface area contributed by atoms with E-state index in [1.54, 1.807) is 7.11 Å². The molecule has 1 rings (SSSR count). The van der Waals surface area contributed by atoms with Crippen LogP contribution in [0.15, 0.2) is 18.2 Å². The van der Waals surface area contributed by atoms with E-state index in [1.165, 1.54) is 16.7 Å². The van der Waals surface area contributed by atoms with Crippen LogP contribution in [-0.4, -0.2) is 38.8 Å². The van der Waals surface area contributed by atoms with Gasteiger partial charge in [0, 0.05) is 26.2 Å². The van der Waals surface area contributed by atoms with Gasteiger partial charge in [0.15, 0.2) is 0 Å². The van der Waals surface area contributed by atoms with Crippen molar-refractivity contribution in [2.75, 3.05) is 33.9 Å². The van der Waals surface area contributed by atoms with Crippen molar-refractivity contribution in [3.63, 3.8) is 0 Å². The standard InChI is InChI=1S/C14H24N2O/c1-11-5-6-13(9-12(11)2)14(15)10-16(3)7-8-17-4/h5-6,9,14H,7-8,10,15H2,1-4H3. The van der Waals surface area contributed by atoms with Crippen LogP contribution in [0.2, 0.25) is 0 Å². The average Bonchev–Trinajstić information content (AvgIpc) is 2.30. The van der Waals surface area contributed by atoms with Gasteiger partial charge in [-0.2, -0.15) is 0 Å². The molecule has 0 amide bonds. The van der Waals surface area contributed by atoms with E-state index in [1.807, 2.05) is 0 Å². The van der Waals surface area contributed by atoms with Crippen LogP contribution in [0.4, 0.5) is 0 Å². The predicted molar refractivity (Wildman–Crippen MR) is 72.2 cm³/mol. The fourth-order valence-corrected chi connectivity index (χ4v) is 1.77. The van der Waals surface area contributed by atoms with Gasteiger partial charge in [-0.05, 0) is 37.6 Å². The number of nitrogens with zero attached hydrogens (tertiary/aromatic N) is 1. The summed E-state index contributed by atoms with van der Waals surface area (Å²) >= 11 is 0. The van der Waals surface area contributed by atoms with E-state index in [-0.39, 0.29) is 6.04 Å². The summed E-state index contributed by atoms with van der Waals surface area (Å²) in [6.45, 7) is 6.76. The smallest absolute Gasteiger partial charge is 0.0589 e. The molecule has 17 heavy (non-hydrogen) atoms. The summed E-state index contributed by atoms with van der Waals surface area (Å²) in [4.78, 5) is 2.20. The predicted octanol–water partition coefficient (Wildman–Crippen LogP) is 1.88. The highest BCUT2D eigenvalue weighted by molar-refractivity contribution is 5.31. The van der Waals surface area contributed by atoms with E-state index < -0.39 is 0 Å². The Hall–Kier alpha value is -0.900. The SMILES string of the molecule is COCCN(C)CC(N)c1ccc(C)c(C)c1. The van der Waals surface area contributed by atoms with Gasteiger partial charge in [0.25, 0.3) is 0 Å². The van der Waals surface area contributed by atoms with Gasteiger partial charge >= 0.3 is 0 Å². The Kier molecular flexibility index (Phi) is 5.62. The van der Waals surface area contributed by atoms with Crippen molar-refractivity contribution >= 4 is 0 Å². The minimum Gasteiger partial charge on any atom is -0.383 e. The second-order valence-electron chi connectivity index (χ2n) is 4.71. The highest BCUT2D eigenvalue weighted by Gasteiger charge is 2.09. The summed E-state index contributed by atoms with van der Waals surface area (Å²) in [7, 11) is 3.79. The van der Waals surface area contributed by atoms with E-state index in [4.69, 9.17) is 10.5 Å². The molecule has 2 N–H and O–H groups in total. The number of aryl methyl sites for hydroxylation is 2. The molecule has 3 heteroatoms. The zero-order valence-corrected chi connectivity index (χ0v) is 11.4. The largest absolute Gasteiger partial charge is 0.383 e. The lowest BCUT2D eigenvalue weighted by molar-refractivity contribution is 0.158. The number of likely N-dealkylation sites (N-methyl/N-ethyl adjacent to an activating group) is 1. The maximum atomic E-state index is 6.20. The molecule has 0 radical (unpaired) electrons. The Morgan fingerprint density at radius 2 is 2.00 bits per heavy atom. The van der Waals surface area contributed by atoms with Crippen molar-refractivity contribution in [1.29, 1.82) is 0 Å². The normalized spacial score (nSPS) is 13.1. The molecule has 0 spiro atoms. The molecule has 0 saturated heterocycles. The van der Waals surface area contributed by atoms with Gasteiger partial charge in [-0.1, -0.05) is 18.2 Å². The molecule has 3 nitrogen and oxygen atoms in total. The molecule has 1 aromatic carbocycles. The van der Waals surface area contributed by atoms with Crippen LogP contribution in [0, 0.1) is 13.8 Å². The van der Waals surface area contributed by atoms with Crippen molar-refractivity contribution in [2.45, 2.75) is 19.9 Å². The molecule has 0 aliphatic carbocycles. The third-order valence-corrected chi connectivity index (χ3v) is 3.14. The number of benzene rings is 1. The summed E-state index contributed by atoms with van der Waals surface area (Å²) < 4.78 is 5.05. The molecule has 1 aromatic rings.